The summed E-state index contributed by atoms with van der Waals surface area (Å²) in [6.45, 7) is 12.7. The van der Waals surface area contributed by atoms with E-state index in [2.05, 4.69) is 33.9 Å². The van der Waals surface area contributed by atoms with Crippen LogP contribution in [-0.2, 0) is 17.7 Å². The molecule has 0 aromatic carbocycles. The van der Waals surface area contributed by atoms with Gasteiger partial charge in [0.25, 0.3) is 0 Å². The van der Waals surface area contributed by atoms with Crippen molar-refractivity contribution >= 4 is 6.09 Å². The number of nitrogens with one attached hydrogen (secondary N) is 1. The van der Waals surface area contributed by atoms with Crippen molar-refractivity contribution in [1.29, 1.82) is 0 Å². The fraction of sp³-hybridized carbons (Fsp3) is 0.850. The lowest BCUT2D eigenvalue weighted by Gasteiger charge is -2.37. The van der Waals surface area contributed by atoms with Crippen LogP contribution in [0.15, 0.2) is 0 Å². The van der Waals surface area contributed by atoms with Crippen LogP contribution in [0.3, 0.4) is 0 Å². The lowest BCUT2D eigenvalue weighted by atomic mass is 9.91. The fourth-order valence-corrected chi connectivity index (χ4v) is 4.17. The van der Waals surface area contributed by atoms with Crippen molar-refractivity contribution in [3.05, 3.63) is 11.6 Å². The normalized spacial score (nSPS) is 22.9. The predicted octanol–water partition coefficient (Wildman–Crippen LogP) is 3.30. The topological polar surface area (TPSA) is 72.3 Å². The Kier molecular flexibility index (Phi) is 6.08. The molecule has 1 aromatic heterocycles. The number of hydrogen-bond acceptors (Lipinski definition) is 5. The maximum Gasteiger partial charge on any atom is 0.410 e. The third kappa shape index (κ3) is 5.00. The zero-order valence-electron chi connectivity index (χ0n) is 17.5. The molecule has 7 nitrogen and oxygen atoms in total. The van der Waals surface area contributed by atoms with Crippen molar-refractivity contribution in [3.63, 3.8) is 0 Å². The van der Waals surface area contributed by atoms with Gasteiger partial charge in [0.15, 0.2) is 0 Å². The van der Waals surface area contributed by atoms with E-state index >= 15 is 0 Å². The summed E-state index contributed by atoms with van der Waals surface area (Å²) in [6, 6.07) is 0.443. The Morgan fingerprint density at radius 1 is 1.19 bits per heavy atom. The molecule has 1 N–H and O–H groups in total. The van der Waals surface area contributed by atoms with Gasteiger partial charge in [-0.2, -0.15) is 0 Å². The van der Waals surface area contributed by atoms with Gasteiger partial charge in [0, 0.05) is 32.1 Å². The molecule has 0 bridgehead atoms. The first-order valence-electron chi connectivity index (χ1n) is 10.4. The van der Waals surface area contributed by atoms with Crippen LogP contribution < -0.4 is 5.32 Å². The lowest BCUT2D eigenvalue weighted by molar-refractivity contribution is 0.0146. The van der Waals surface area contributed by atoms with E-state index in [0.29, 0.717) is 12.0 Å². The second-order valence-electron chi connectivity index (χ2n) is 9.09. The number of rotatable bonds is 4. The van der Waals surface area contributed by atoms with E-state index in [0.717, 1.165) is 50.5 Å². The molecule has 2 aliphatic rings. The monoisotopic (exact) mass is 377 g/mol. The minimum absolute atomic E-state index is 0.149. The summed E-state index contributed by atoms with van der Waals surface area (Å²) in [5.74, 6) is 2.57. The summed E-state index contributed by atoms with van der Waals surface area (Å²) in [5.41, 5.74) is -0.449. The number of likely N-dealkylation sites (tertiary alicyclic amines) is 1. The number of aromatic nitrogens is 3. The third-order valence-electron chi connectivity index (χ3n) is 5.60. The van der Waals surface area contributed by atoms with Gasteiger partial charge in [-0.15, -0.1) is 10.2 Å². The summed E-state index contributed by atoms with van der Waals surface area (Å²) in [6.07, 6.45) is 5.39. The van der Waals surface area contributed by atoms with E-state index in [4.69, 9.17) is 4.74 Å². The van der Waals surface area contributed by atoms with E-state index < -0.39 is 5.60 Å². The molecule has 2 aliphatic heterocycles. The van der Waals surface area contributed by atoms with Crippen LogP contribution in [0, 0.1) is 5.92 Å². The van der Waals surface area contributed by atoms with Crippen LogP contribution in [-0.4, -0.2) is 50.5 Å². The molecule has 1 amide bonds. The number of amides is 1. The largest absolute Gasteiger partial charge is 0.444 e. The smallest absolute Gasteiger partial charge is 0.410 e. The molecular weight excluding hydrogens is 342 g/mol. The number of carbonyl (C=O) groups excluding carboxylic acids is 1. The molecule has 3 heterocycles. The molecule has 1 saturated heterocycles. The standard InChI is InChI=1S/C20H35N5O2/c1-14(16-9-8-11-24(13-16)19(26)27-20(3,4)5)21-15(2)18-23-22-17-10-6-7-12-25(17)18/h14-16,21H,6-13H2,1-5H3/t14-,15-,16+/m0/s1. The quantitative estimate of drug-likeness (QED) is 0.872. The maximum absolute atomic E-state index is 12.4. The zero-order valence-corrected chi connectivity index (χ0v) is 17.5. The number of nitrogens with zero attached hydrogens (tertiary/aromatic N) is 4. The average Bonchev–Trinajstić information content (AvgIpc) is 3.04. The molecule has 3 atom stereocenters. The molecular formula is C20H35N5O2. The van der Waals surface area contributed by atoms with Crippen molar-refractivity contribution < 1.29 is 9.53 Å². The highest BCUT2D eigenvalue weighted by Gasteiger charge is 2.31. The lowest BCUT2D eigenvalue weighted by Crippen LogP contribution is -2.48. The minimum Gasteiger partial charge on any atom is -0.444 e. The number of aryl methyl sites for hydroxylation is 1. The molecule has 0 radical (unpaired) electrons. The Hall–Kier alpha value is -1.63. The van der Waals surface area contributed by atoms with Gasteiger partial charge >= 0.3 is 6.09 Å². The first kappa shape index (κ1) is 20.1. The first-order chi connectivity index (χ1) is 12.7. The summed E-state index contributed by atoms with van der Waals surface area (Å²) in [4.78, 5) is 14.3. The van der Waals surface area contributed by atoms with Crippen molar-refractivity contribution in [3.8, 4) is 0 Å². The summed E-state index contributed by atoms with van der Waals surface area (Å²) in [7, 11) is 0. The van der Waals surface area contributed by atoms with Crippen molar-refractivity contribution in [2.75, 3.05) is 13.1 Å². The number of ether oxygens (including phenoxy) is 1. The molecule has 1 fully saturated rings. The highest BCUT2D eigenvalue weighted by atomic mass is 16.6. The fourth-order valence-electron chi connectivity index (χ4n) is 4.17. The van der Waals surface area contributed by atoms with Gasteiger partial charge in [-0.3, -0.25) is 0 Å². The summed E-state index contributed by atoms with van der Waals surface area (Å²) < 4.78 is 7.83. The van der Waals surface area contributed by atoms with E-state index in [1.807, 2.05) is 25.7 Å². The van der Waals surface area contributed by atoms with Crippen molar-refractivity contribution in [2.45, 2.75) is 91.0 Å². The first-order valence-corrected chi connectivity index (χ1v) is 10.4. The van der Waals surface area contributed by atoms with Crippen LogP contribution in [0.5, 0.6) is 0 Å². The van der Waals surface area contributed by atoms with Crippen LogP contribution in [0.4, 0.5) is 4.79 Å². The third-order valence-corrected chi connectivity index (χ3v) is 5.60. The molecule has 27 heavy (non-hydrogen) atoms. The molecule has 1 aromatic rings. The van der Waals surface area contributed by atoms with E-state index in [-0.39, 0.29) is 12.1 Å². The molecule has 0 saturated carbocycles. The van der Waals surface area contributed by atoms with Crippen LogP contribution in [0.2, 0.25) is 0 Å². The van der Waals surface area contributed by atoms with Gasteiger partial charge in [-0.05, 0) is 66.2 Å². The predicted molar refractivity (Wildman–Crippen MR) is 105 cm³/mol. The van der Waals surface area contributed by atoms with E-state index in [9.17, 15) is 4.79 Å². The molecule has 152 valence electrons. The second kappa shape index (κ2) is 8.17. The van der Waals surface area contributed by atoms with Gasteiger partial charge in [-0.1, -0.05) is 0 Å². The van der Waals surface area contributed by atoms with Gasteiger partial charge in [0.1, 0.15) is 17.2 Å². The number of piperidine rings is 1. The Morgan fingerprint density at radius 2 is 1.96 bits per heavy atom. The van der Waals surface area contributed by atoms with Crippen LogP contribution in [0.25, 0.3) is 0 Å². The number of fused-ring (bicyclic) bond motifs is 1. The Morgan fingerprint density at radius 3 is 2.70 bits per heavy atom. The van der Waals surface area contributed by atoms with Gasteiger partial charge in [-0.25, -0.2) is 4.79 Å². The van der Waals surface area contributed by atoms with Crippen molar-refractivity contribution in [1.82, 2.24) is 25.0 Å². The minimum atomic E-state index is -0.449. The van der Waals surface area contributed by atoms with Gasteiger partial charge in [0.05, 0.1) is 6.04 Å². The molecule has 7 heteroatoms. The Bertz CT molecular complexity index is 651. The number of carbonyl (C=O) groups is 1. The number of hydrogen-bond donors (Lipinski definition) is 1. The SMILES string of the molecule is C[C@H](N[C@@H](C)[C@@H]1CCCN(C(=O)OC(C)(C)C)C1)c1nnc2n1CCCC2. The van der Waals surface area contributed by atoms with Gasteiger partial charge < -0.3 is 19.5 Å². The van der Waals surface area contributed by atoms with Crippen molar-refractivity contribution in [2.24, 2.45) is 5.92 Å². The van der Waals surface area contributed by atoms with Gasteiger partial charge in [0.2, 0.25) is 0 Å². The Balaban J connectivity index is 1.58. The zero-order chi connectivity index (χ0) is 19.6. The summed E-state index contributed by atoms with van der Waals surface area (Å²) >= 11 is 0. The highest BCUT2D eigenvalue weighted by Crippen LogP contribution is 2.24. The molecule has 0 spiro atoms. The molecule has 3 rings (SSSR count). The average molecular weight is 378 g/mol. The van der Waals surface area contributed by atoms with E-state index in [1.165, 1.54) is 12.8 Å². The molecule has 0 aliphatic carbocycles. The van der Waals surface area contributed by atoms with Crippen LogP contribution >= 0.6 is 0 Å². The Labute approximate surface area is 162 Å². The molecule has 0 unspecified atom stereocenters. The highest BCUT2D eigenvalue weighted by molar-refractivity contribution is 5.68. The summed E-state index contributed by atoms with van der Waals surface area (Å²) in [5, 5.41) is 12.5. The second-order valence-corrected chi connectivity index (χ2v) is 9.09. The maximum atomic E-state index is 12.4. The van der Waals surface area contributed by atoms with Crippen LogP contribution in [0.1, 0.15) is 78.0 Å². The van der Waals surface area contributed by atoms with E-state index in [1.54, 1.807) is 0 Å².